The molecule has 0 unspecified atom stereocenters. The second-order valence-electron chi connectivity index (χ2n) is 9.21. The van der Waals surface area contributed by atoms with Crippen molar-refractivity contribution in [1.29, 1.82) is 0 Å². The third-order valence-corrected chi connectivity index (χ3v) is 6.64. The van der Waals surface area contributed by atoms with Gasteiger partial charge in [-0.25, -0.2) is 0 Å². The highest BCUT2D eigenvalue weighted by Gasteiger charge is 2.35. The zero-order chi connectivity index (χ0) is 22.8. The molecule has 1 aliphatic heterocycles. The molecule has 3 nitrogen and oxygen atoms in total. The number of anilines is 1. The highest BCUT2D eigenvalue weighted by molar-refractivity contribution is 5.93. The highest BCUT2D eigenvalue weighted by Crippen LogP contribution is 2.35. The summed E-state index contributed by atoms with van der Waals surface area (Å²) >= 11 is 0. The maximum Gasteiger partial charge on any atom is 0.416 e. The van der Waals surface area contributed by atoms with Crippen LogP contribution >= 0.6 is 0 Å². The minimum Gasteiger partial charge on any atom is -0.359 e. The Balaban J connectivity index is 0.000000207. The molecule has 1 aliphatic carbocycles. The molecule has 3 aromatic rings. The molecular weight excluding hydrogens is 411 g/mol. The number of hydrogen-bond donors (Lipinski definition) is 3. The SMILES string of the molecule is C=C(Nc1c[nH]c2ccc(CC3CCC3)cc12)C1(C)CNC1.FC(F)(F)c1ccccc1. The van der Waals surface area contributed by atoms with Gasteiger partial charge >= 0.3 is 6.18 Å². The summed E-state index contributed by atoms with van der Waals surface area (Å²) in [5, 5.41) is 8.17. The number of aromatic nitrogens is 1. The van der Waals surface area contributed by atoms with E-state index in [-0.39, 0.29) is 5.41 Å². The van der Waals surface area contributed by atoms with Crippen molar-refractivity contribution in [2.24, 2.45) is 11.3 Å². The number of fused-ring (bicyclic) bond motifs is 1. The van der Waals surface area contributed by atoms with Gasteiger partial charge in [-0.1, -0.05) is 69.2 Å². The maximum absolute atomic E-state index is 11.8. The average molecular weight is 442 g/mol. The van der Waals surface area contributed by atoms with Gasteiger partial charge in [-0.05, 0) is 30.0 Å². The largest absolute Gasteiger partial charge is 0.416 e. The topological polar surface area (TPSA) is 39.9 Å². The molecule has 3 N–H and O–H groups in total. The zero-order valence-corrected chi connectivity index (χ0v) is 18.4. The standard InChI is InChI=1S/C19H25N3.C7H5F3/c1-13(19(2)11-20-12-19)22-18-10-21-17-7-6-15(9-16(17)18)8-14-4-3-5-14;8-7(9,10)6-4-2-1-3-5-6/h6-7,9-10,14,20-22H,1,3-5,8,11-12H2,2H3;1-5H. The van der Waals surface area contributed by atoms with E-state index in [0.717, 1.165) is 42.5 Å². The Bertz CT molecular complexity index is 1060. The van der Waals surface area contributed by atoms with Gasteiger partial charge in [0.25, 0.3) is 0 Å². The van der Waals surface area contributed by atoms with Crippen molar-refractivity contribution in [3.63, 3.8) is 0 Å². The van der Waals surface area contributed by atoms with Crippen LogP contribution in [0.4, 0.5) is 18.9 Å². The Hall–Kier alpha value is -2.73. The van der Waals surface area contributed by atoms with Crippen LogP contribution in [0.5, 0.6) is 0 Å². The van der Waals surface area contributed by atoms with Crippen LogP contribution in [0.1, 0.15) is 37.3 Å². The quantitative estimate of drug-likeness (QED) is 0.410. The first-order chi connectivity index (χ1) is 15.2. The lowest BCUT2D eigenvalue weighted by Crippen LogP contribution is -2.53. The van der Waals surface area contributed by atoms with Crippen LogP contribution in [0.15, 0.2) is 67.0 Å². The highest BCUT2D eigenvalue weighted by atomic mass is 19.4. The van der Waals surface area contributed by atoms with Crippen LogP contribution in [0.25, 0.3) is 10.9 Å². The molecule has 32 heavy (non-hydrogen) atoms. The lowest BCUT2D eigenvalue weighted by atomic mass is 9.80. The van der Waals surface area contributed by atoms with Crippen LogP contribution < -0.4 is 10.6 Å². The summed E-state index contributed by atoms with van der Waals surface area (Å²) in [6.07, 6.45) is 3.30. The van der Waals surface area contributed by atoms with Gasteiger partial charge in [0.2, 0.25) is 0 Å². The molecule has 0 atom stereocenters. The number of H-pyrrole nitrogens is 1. The molecule has 1 saturated carbocycles. The predicted molar refractivity (Wildman–Crippen MR) is 125 cm³/mol. The van der Waals surface area contributed by atoms with Gasteiger partial charge in [0.1, 0.15) is 0 Å². The zero-order valence-electron chi connectivity index (χ0n) is 18.4. The van der Waals surface area contributed by atoms with Crippen molar-refractivity contribution in [1.82, 2.24) is 10.3 Å². The van der Waals surface area contributed by atoms with Crippen molar-refractivity contribution in [2.75, 3.05) is 18.4 Å². The Labute approximate surface area is 187 Å². The molecule has 0 amide bonds. The Morgan fingerprint density at radius 2 is 1.84 bits per heavy atom. The smallest absolute Gasteiger partial charge is 0.359 e. The Morgan fingerprint density at radius 3 is 2.38 bits per heavy atom. The van der Waals surface area contributed by atoms with E-state index in [1.165, 1.54) is 54.3 Å². The van der Waals surface area contributed by atoms with Crippen molar-refractivity contribution in [3.8, 4) is 0 Å². The second kappa shape index (κ2) is 9.02. The van der Waals surface area contributed by atoms with Gasteiger partial charge < -0.3 is 15.6 Å². The van der Waals surface area contributed by atoms with Crippen LogP contribution in [0, 0.1) is 11.3 Å². The summed E-state index contributed by atoms with van der Waals surface area (Å²) in [6.45, 7) is 8.53. The number of alkyl halides is 3. The molecule has 5 rings (SSSR count). The number of halogens is 3. The molecule has 1 aromatic heterocycles. The molecule has 0 spiro atoms. The number of nitrogens with one attached hydrogen (secondary N) is 3. The molecular formula is C26H30F3N3. The predicted octanol–water partition coefficient (Wildman–Crippen LogP) is 6.75. The van der Waals surface area contributed by atoms with E-state index < -0.39 is 11.7 Å². The monoisotopic (exact) mass is 441 g/mol. The molecule has 2 aliphatic rings. The van der Waals surface area contributed by atoms with Crippen LogP contribution in [-0.4, -0.2) is 18.1 Å². The number of hydrogen-bond acceptors (Lipinski definition) is 2. The number of benzene rings is 2. The molecule has 2 fully saturated rings. The van der Waals surface area contributed by atoms with E-state index in [1.54, 1.807) is 6.07 Å². The average Bonchev–Trinajstić information content (AvgIpc) is 3.11. The lowest BCUT2D eigenvalue weighted by molar-refractivity contribution is -0.137. The normalized spacial score (nSPS) is 17.6. The molecule has 0 radical (unpaired) electrons. The van der Waals surface area contributed by atoms with E-state index in [2.05, 4.69) is 53.5 Å². The van der Waals surface area contributed by atoms with Crippen molar-refractivity contribution >= 4 is 16.6 Å². The number of aromatic amines is 1. The first-order valence-corrected chi connectivity index (χ1v) is 11.1. The van der Waals surface area contributed by atoms with E-state index in [1.807, 2.05) is 0 Å². The molecule has 2 aromatic carbocycles. The van der Waals surface area contributed by atoms with Crippen molar-refractivity contribution < 1.29 is 13.2 Å². The number of rotatable bonds is 5. The summed E-state index contributed by atoms with van der Waals surface area (Å²) in [6, 6.07) is 13.2. The molecule has 1 saturated heterocycles. The van der Waals surface area contributed by atoms with Gasteiger partial charge in [0, 0.05) is 41.3 Å². The molecule has 0 bridgehead atoms. The summed E-state index contributed by atoms with van der Waals surface area (Å²) < 4.78 is 35.4. The van der Waals surface area contributed by atoms with Crippen LogP contribution in [0.3, 0.4) is 0 Å². The molecule has 6 heteroatoms. The maximum atomic E-state index is 11.8. The summed E-state index contributed by atoms with van der Waals surface area (Å²) in [4.78, 5) is 3.37. The van der Waals surface area contributed by atoms with Gasteiger partial charge in [0.05, 0.1) is 11.3 Å². The van der Waals surface area contributed by atoms with Gasteiger partial charge in [0.15, 0.2) is 0 Å². The fraction of sp³-hybridized carbons (Fsp3) is 0.385. The van der Waals surface area contributed by atoms with Gasteiger partial charge in [-0.3, -0.25) is 0 Å². The summed E-state index contributed by atoms with van der Waals surface area (Å²) in [5.41, 5.74) is 4.49. The molecule has 170 valence electrons. The first kappa shape index (κ1) is 22.5. The van der Waals surface area contributed by atoms with E-state index >= 15 is 0 Å². The van der Waals surface area contributed by atoms with E-state index in [9.17, 15) is 13.2 Å². The van der Waals surface area contributed by atoms with Gasteiger partial charge in [-0.2, -0.15) is 13.2 Å². The van der Waals surface area contributed by atoms with Gasteiger partial charge in [-0.15, -0.1) is 0 Å². The molecule has 2 heterocycles. The van der Waals surface area contributed by atoms with E-state index in [4.69, 9.17) is 0 Å². The lowest BCUT2D eigenvalue weighted by Gasteiger charge is -2.41. The fourth-order valence-electron chi connectivity index (χ4n) is 4.08. The third-order valence-electron chi connectivity index (χ3n) is 6.64. The minimum absolute atomic E-state index is 0.174. The third kappa shape index (κ3) is 5.01. The van der Waals surface area contributed by atoms with Crippen LogP contribution in [-0.2, 0) is 12.6 Å². The fourth-order valence-corrected chi connectivity index (χ4v) is 4.08. The summed E-state index contributed by atoms with van der Waals surface area (Å²) in [7, 11) is 0. The van der Waals surface area contributed by atoms with Crippen molar-refractivity contribution in [3.05, 3.63) is 78.1 Å². The van der Waals surface area contributed by atoms with Crippen LogP contribution in [0.2, 0.25) is 0 Å². The minimum atomic E-state index is -4.21. The second-order valence-corrected chi connectivity index (χ2v) is 9.21. The van der Waals surface area contributed by atoms with E-state index in [0.29, 0.717) is 0 Å². The summed E-state index contributed by atoms with van der Waals surface area (Å²) in [5.74, 6) is 0.905. The first-order valence-electron chi connectivity index (χ1n) is 11.1. The Kier molecular flexibility index (Phi) is 6.33. The Morgan fingerprint density at radius 1 is 1.12 bits per heavy atom. The van der Waals surface area contributed by atoms with Crippen molar-refractivity contribution in [2.45, 2.75) is 38.8 Å².